The summed E-state index contributed by atoms with van der Waals surface area (Å²) >= 11 is 0. The van der Waals surface area contributed by atoms with Gasteiger partial charge in [0, 0.05) is 45.4 Å². The molecule has 0 radical (unpaired) electrons. The van der Waals surface area contributed by atoms with Gasteiger partial charge in [-0.05, 0) is 72.8 Å². The summed E-state index contributed by atoms with van der Waals surface area (Å²) in [4.78, 5) is 47.8. The van der Waals surface area contributed by atoms with Crippen molar-refractivity contribution in [2.24, 2.45) is 0 Å². The van der Waals surface area contributed by atoms with Gasteiger partial charge in [0.1, 0.15) is 11.2 Å². The Labute approximate surface area is 191 Å². The van der Waals surface area contributed by atoms with Crippen LogP contribution in [0.3, 0.4) is 0 Å². The van der Waals surface area contributed by atoms with Gasteiger partial charge >= 0.3 is 11.3 Å². The molecule has 166 valence electrons. The van der Waals surface area contributed by atoms with Crippen molar-refractivity contribution in [1.82, 2.24) is 0 Å². The van der Waals surface area contributed by atoms with Crippen molar-refractivity contribution in [3.05, 3.63) is 117 Å². The summed E-state index contributed by atoms with van der Waals surface area (Å²) in [6, 6.07) is 22.0. The molecule has 0 aliphatic carbocycles. The highest BCUT2D eigenvalue weighted by molar-refractivity contribution is 6.08. The fourth-order valence-electron chi connectivity index (χ4n) is 3.48. The number of anilines is 2. The maximum absolute atomic E-state index is 12.6. The monoisotopic (exact) mass is 452 g/mol. The van der Waals surface area contributed by atoms with E-state index in [2.05, 4.69) is 10.6 Å². The number of carbonyl (C=O) groups is 2. The van der Waals surface area contributed by atoms with Crippen LogP contribution in [-0.2, 0) is 0 Å². The second kappa shape index (κ2) is 8.51. The van der Waals surface area contributed by atoms with E-state index in [9.17, 15) is 19.2 Å². The lowest BCUT2D eigenvalue weighted by molar-refractivity contribution is 0.101. The number of nitrogens with one attached hydrogen (secondary N) is 2. The van der Waals surface area contributed by atoms with Gasteiger partial charge in [0.15, 0.2) is 0 Å². The molecule has 0 spiro atoms. The minimum Gasteiger partial charge on any atom is -0.423 e. The number of carbonyl (C=O) groups excluding carboxylic acids is 2. The van der Waals surface area contributed by atoms with E-state index in [0.717, 1.165) is 0 Å². The first-order valence-electron chi connectivity index (χ1n) is 10.3. The van der Waals surface area contributed by atoms with Crippen molar-refractivity contribution < 1.29 is 18.4 Å². The molecule has 2 heterocycles. The van der Waals surface area contributed by atoms with Crippen LogP contribution in [0.1, 0.15) is 20.7 Å². The lowest BCUT2D eigenvalue weighted by Gasteiger charge is -2.08. The van der Waals surface area contributed by atoms with Crippen molar-refractivity contribution in [1.29, 1.82) is 0 Å². The SMILES string of the molecule is O=C(Nc1ccc2oc(=O)ccc2c1)c1ccc(C(=O)Nc2ccc3oc(=O)ccc3c2)cc1. The van der Waals surface area contributed by atoms with E-state index in [-0.39, 0.29) is 11.8 Å². The molecule has 0 bridgehead atoms. The molecule has 3 aromatic carbocycles. The molecule has 0 aliphatic rings. The molecule has 2 N–H and O–H groups in total. The molecule has 0 aliphatic heterocycles. The number of hydrogen-bond acceptors (Lipinski definition) is 6. The number of hydrogen-bond donors (Lipinski definition) is 2. The van der Waals surface area contributed by atoms with E-state index in [1.54, 1.807) is 72.8 Å². The fraction of sp³-hybridized carbons (Fsp3) is 0. The first-order valence-corrected chi connectivity index (χ1v) is 10.3. The summed E-state index contributed by atoms with van der Waals surface area (Å²) in [6.45, 7) is 0. The Morgan fingerprint density at radius 2 is 0.941 bits per heavy atom. The zero-order chi connectivity index (χ0) is 23.7. The highest BCUT2D eigenvalue weighted by Gasteiger charge is 2.11. The van der Waals surface area contributed by atoms with E-state index < -0.39 is 11.3 Å². The summed E-state index contributed by atoms with van der Waals surface area (Å²) in [6.07, 6.45) is 0. The Kier molecular flexibility index (Phi) is 5.23. The Bertz CT molecular complexity index is 1560. The summed E-state index contributed by atoms with van der Waals surface area (Å²) < 4.78 is 10.2. The van der Waals surface area contributed by atoms with Crippen LogP contribution >= 0.6 is 0 Å². The zero-order valence-corrected chi connectivity index (χ0v) is 17.5. The molecule has 5 rings (SSSR count). The van der Waals surface area contributed by atoms with Crippen LogP contribution in [0.5, 0.6) is 0 Å². The minimum absolute atomic E-state index is 0.347. The van der Waals surface area contributed by atoms with Crippen molar-refractivity contribution in [2.45, 2.75) is 0 Å². The smallest absolute Gasteiger partial charge is 0.336 e. The number of fused-ring (bicyclic) bond motifs is 2. The summed E-state index contributed by atoms with van der Waals surface area (Å²) in [5.41, 5.74) is 1.80. The van der Waals surface area contributed by atoms with Gasteiger partial charge in [-0.25, -0.2) is 9.59 Å². The van der Waals surface area contributed by atoms with Crippen LogP contribution in [0.4, 0.5) is 11.4 Å². The van der Waals surface area contributed by atoms with E-state index in [0.29, 0.717) is 44.4 Å². The molecular weight excluding hydrogens is 436 g/mol. The van der Waals surface area contributed by atoms with Crippen LogP contribution in [0.25, 0.3) is 21.9 Å². The molecule has 0 saturated heterocycles. The highest BCUT2D eigenvalue weighted by Crippen LogP contribution is 2.20. The molecule has 34 heavy (non-hydrogen) atoms. The van der Waals surface area contributed by atoms with Crippen molar-refractivity contribution in [3.8, 4) is 0 Å². The molecule has 0 saturated carbocycles. The van der Waals surface area contributed by atoms with Crippen LogP contribution < -0.4 is 21.9 Å². The third kappa shape index (κ3) is 4.33. The molecule has 0 atom stereocenters. The molecule has 5 aromatic rings. The summed E-state index contributed by atoms with van der Waals surface area (Å²) in [5, 5.41) is 6.93. The van der Waals surface area contributed by atoms with Crippen LogP contribution in [0, 0.1) is 0 Å². The van der Waals surface area contributed by atoms with Gasteiger partial charge in [0.25, 0.3) is 11.8 Å². The van der Waals surface area contributed by atoms with Gasteiger partial charge in [-0.15, -0.1) is 0 Å². The second-order valence-electron chi connectivity index (χ2n) is 7.50. The first-order chi connectivity index (χ1) is 16.4. The Balaban J connectivity index is 1.28. The van der Waals surface area contributed by atoms with E-state index >= 15 is 0 Å². The Hall–Kier alpha value is -4.98. The van der Waals surface area contributed by atoms with E-state index in [4.69, 9.17) is 8.83 Å². The average Bonchev–Trinajstić information content (AvgIpc) is 2.84. The number of rotatable bonds is 4. The third-order valence-corrected chi connectivity index (χ3v) is 5.16. The molecular formula is C26H16N2O6. The maximum Gasteiger partial charge on any atom is 0.336 e. The predicted octanol–water partition coefficient (Wildman–Crippen LogP) is 4.40. The molecule has 2 amide bonds. The molecule has 8 heteroatoms. The Morgan fingerprint density at radius 3 is 1.35 bits per heavy atom. The van der Waals surface area contributed by atoms with Crippen molar-refractivity contribution in [2.75, 3.05) is 10.6 Å². The highest BCUT2D eigenvalue weighted by atomic mass is 16.4. The van der Waals surface area contributed by atoms with Crippen molar-refractivity contribution >= 4 is 45.1 Å². The minimum atomic E-state index is -0.442. The number of benzene rings is 3. The largest absolute Gasteiger partial charge is 0.423 e. The number of amides is 2. The van der Waals surface area contributed by atoms with Gasteiger partial charge in [-0.1, -0.05) is 0 Å². The van der Waals surface area contributed by atoms with E-state index in [1.807, 2.05) is 0 Å². The average molecular weight is 452 g/mol. The van der Waals surface area contributed by atoms with Crippen LogP contribution in [-0.4, -0.2) is 11.8 Å². The summed E-state index contributed by atoms with van der Waals surface area (Å²) in [7, 11) is 0. The predicted molar refractivity (Wildman–Crippen MR) is 127 cm³/mol. The standard InChI is InChI=1S/C26H16N2O6/c29-23-11-5-17-13-19(7-9-21(17)33-23)27-25(31)15-1-2-16(4-3-15)26(32)28-20-8-10-22-18(14-20)6-12-24(30)34-22/h1-14H,(H,27,31)(H,28,32). The second-order valence-corrected chi connectivity index (χ2v) is 7.50. The molecule has 8 nitrogen and oxygen atoms in total. The molecule has 0 unspecified atom stereocenters. The molecule has 0 fully saturated rings. The van der Waals surface area contributed by atoms with Gasteiger partial charge in [-0.2, -0.15) is 0 Å². The lowest BCUT2D eigenvalue weighted by Crippen LogP contribution is -2.14. The Morgan fingerprint density at radius 1 is 0.529 bits per heavy atom. The van der Waals surface area contributed by atoms with Crippen LogP contribution in [0.2, 0.25) is 0 Å². The van der Waals surface area contributed by atoms with Gasteiger partial charge in [-0.3, -0.25) is 9.59 Å². The summed E-state index contributed by atoms with van der Waals surface area (Å²) in [5.74, 6) is -0.695. The lowest BCUT2D eigenvalue weighted by atomic mass is 10.1. The fourth-order valence-corrected chi connectivity index (χ4v) is 3.48. The normalized spacial score (nSPS) is 10.8. The van der Waals surface area contributed by atoms with Gasteiger partial charge < -0.3 is 19.5 Å². The third-order valence-electron chi connectivity index (χ3n) is 5.16. The van der Waals surface area contributed by atoms with Gasteiger partial charge in [0.05, 0.1) is 0 Å². The molecule has 2 aromatic heterocycles. The van der Waals surface area contributed by atoms with E-state index in [1.165, 1.54) is 12.1 Å². The van der Waals surface area contributed by atoms with Crippen molar-refractivity contribution in [3.63, 3.8) is 0 Å². The topological polar surface area (TPSA) is 119 Å². The quantitative estimate of drug-likeness (QED) is 0.390. The van der Waals surface area contributed by atoms with Crippen LogP contribution in [0.15, 0.2) is 103 Å². The first kappa shape index (κ1) is 20.9. The van der Waals surface area contributed by atoms with Gasteiger partial charge in [0.2, 0.25) is 0 Å². The zero-order valence-electron chi connectivity index (χ0n) is 17.5. The maximum atomic E-state index is 12.6.